The van der Waals surface area contributed by atoms with Gasteiger partial charge in [-0.2, -0.15) is 13.2 Å². The Balaban J connectivity index is 2.53. The lowest BCUT2D eigenvalue weighted by atomic mass is 10.1. The summed E-state index contributed by atoms with van der Waals surface area (Å²) in [5.74, 6) is -1.25. The average Bonchev–Trinajstić information content (AvgIpc) is 2.38. The normalized spacial score (nSPS) is 11.4. The number of pyridine rings is 1. The van der Waals surface area contributed by atoms with Crippen LogP contribution in [0.15, 0.2) is 30.5 Å². The smallest absolute Gasteiger partial charge is 0.417 e. The van der Waals surface area contributed by atoms with Gasteiger partial charge in [0.2, 0.25) is 0 Å². The van der Waals surface area contributed by atoms with E-state index in [0.29, 0.717) is 6.20 Å². The number of aromatic carboxylic acids is 1. The molecule has 0 saturated heterocycles. The number of aromatic nitrogens is 1. The third kappa shape index (κ3) is 3.08. The molecule has 0 spiro atoms. The fourth-order valence-corrected chi connectivity index (χ4v) is 1.97. The van der Waals surface area contributed by atoms with Gasteiger partial charge in [-0.1, -0.05) is 17.7 Å². The molecular formula is C13H8ClF3N2O2. The lowest BCUT2D eigenvalue weighted by Crippen LogP contribution is -2.06. The second kappa shape index (κ2) is 5.25. The summed E-state index contributed by atoms with van der Waals surface area (Å²) in [6.07, 6.45) is -3.92. The SMILES string of the molecule is Nc1ccc(-c2ncc(C(F)(F)F)cc2Cl)cc1C(=O)O. The molecule has 2 aromatic rings. The Kier molecular flexibility index (Phi) is 3.78. The molecule has 0 saturated carbocycles. The van der Waals surface area contributed by atoms with Crippen LogP contribution in [-0.2, 0) is 6.18 Å². The molecule has 0 atom stereocenters. The average molecular weight is 317 g/mol. The number of nitrogen functional groups attached to an aromatic ring is 1. The van der Waals surface area contributed by atoms with E-state index < -0.39 is 17.7 Å². The third-order valence-electron chi connectivity index (χ3n) is 2.73. The highest BCUT2D eigenvalue weighted by Crippen LogP contribution is 2.34. The van der Waals surface area contributed by atoms with Gasteiger partial charge in [-0.05, 0) is 18.2 Å². The first-order valence-electron chi connectivity index (χ1n) is 5.56. The number of nitrogens with zero attached hydrogens (tertiary/aromatic N) is 1. The highest BCUT2D eigenvalue weighted by molar-refractivity contribution is 6.33. The maximum Gasteiger partial charge on any atom is 0.417 e. The van der Waals surface area contributed by atoms with E-state index in [9.17, 15) is 18.0 Å². The number of halogens is 4. The van der Waals surface area contributed by atoms with Crippen LogP contribution in [0.4, 0.5) is 18.9 Å². The van der Waals surface area contributed by atoms with E-state index in [2.05, 4.69) is 4.98 Å². The Morgan fingerprint density at radius 1 is 1.29 bits per heavy atom. The Hall–Kier alpha value is -2.28. The Labute approximate surface area is 122 Å². The molecule has 1 aromatic heterocycles. The summed E-state index contributed by atoms with van der Waals surface area (Å²) < 4.78 is 37.6. The van der Waals surface area contributed by atoms with Gasteiger partial charge in [0.1, 0.15) is 0 Å². The molecular weight excluding hydrogens is 309 g/mol. The molecule has 0 fully saturated rings. The number of hydrogen-bond acceptors (Lipinski definition) is 3. The first kappa shape index (κ1) is 15.1. The molecule has 1 heterocycles. The zero-order valence-electron chi connectivity index (χ0n) is 10.3. The van der Waals surface area contributed by atoms with Gasteiger partial charge in [-0.25, -0.2) is 4.79 Å². The highest BCUT2D eigenvalue weighted by Gasteiger charge is 2.31. The van der Waals surface area contributed by atoms with Crippen molar-refractivity contribution in [3.8, 4) is 11.3 Å². The largest absolute Gasteiger partial charge is 0.478 e. The molecule has 0 aliphatic carbocycles. The van der Waals surface area contributed by atoms with E-state index in [1.54, 1.807) is 0 Å². The standard InChI is InChI=1S/C13H8ClF3N2O2/c14-9-4-7(13(15,16)17)5-19-11(9)6-1-2-10(18)8(3-6)12(20)21/h1-5H,18H2,(H,20,21). The number of carboxylic acid groups (broad SMARTS) is 1. The van der Waals surface area contributed by atoms with Gasteiger partial charge >= 0.3 is 12.1 Å². The molecule has 2 rings (SSSR count). The number of nitrogens with two attached hydrogens (primary N) is 1. The van der Waals surface area contributed by atoms with Gasteiger partial charge in [0.15, 0.2) is 0 Å². The number of alkyl halides is 3. The Morgan fingerprint density at radius 2 is 1.95 bits per heavy atom. The quantitative estimate of drug-likeness (QED) is 0.828. The lowest BCUT2D eigenvalue weighted by molar-refractivity contribution is -0.137. The van der Waals surface area contributed by atoms with Gasteiger partial charge in [0.25, 0.3) is 0 Å². The zero-order valence-corrected chi connectivity index (χ0v) is 11.0. The summed E-state index contributed by atoms with van der Waals surface area (Å²) >= 11 is 5.80. The summed E-state index contributed by atoms with van der Waals surface area (Å²) in [5, 5.41) is 8.74. The topological polar surface area (TPSA) is 76.2 Å². The molecule has 21 heavy (non-hydrogen) atoms. The van der Waals surface area contributed by atoms with Gasteiger partial charge in [0, 0.05) is 17.4 Å². The van der Waals surface area contributed by atoms with Crippen LogP contribution in [0.5, 0.6) is 0 Å². The fraction of sp³-hybridized carbons (Fsp3) is 0.0769. The van der Waals surface area contributed by atoms with Gasteiger partial charge in [0.05, 0.1) is 21.8 Å². The molecule has 0 unspecified atom stereocenters. The fourth-order valence-electron chi connectivity index (χ4n) is 1.69. The lowest BCUT2D eigenvalue weighted by Gasteiger charge is -2.10. The first-order valence-corrected chi connectivity index (χ1v) is 5.94. The monoisotopic (exact) mass is 316 g/mol. The van der Waals surface area contributed by atoms with Gasteiger partial charge in [-0.15, -0.1) is 0 Å². The molecule has 0 aliphatic heterocycles. The molecule has 1 aromatic carbocycles. The van der Waals surface area contributed by atoms with Crippen LogP contribution in [0.25, 0.3) is 11.3 Å². The van der Waals surface area contributed by atoms with Crippen LogP contribution in [0, 0.1) is 0 Å². The summed E-state index contributed by atoms with van der Waals surface area (Å²) in [7, 11) is 0. The molecule has 4 nitrogen and oxygen atoms in total. The van der Waals surface area contributed by atoms with Gasteiger partial charge in [-0.3, -0.25) is 4.98 Å². The van der Waals surface area contributed by atoms with Crippen molar-refractivity contribution in [3.05, 3.63) is 46.6 Å². The molecule has 0 amide bonds. The summed E-state index contributed by atoms with van der Waals surface area (Å²) in [6, 6.07) is 4.71. The van der Waals surface area contributed by atoms with Crippen LogP contribution in [0.1, 0.15) is 15.9 Å². The minimum Gasteiger partial charge on any atom is -0.478 e. The number of benzene rings is 1. The second-order valence-electron chi connectivity index (χ2n) is 4.16. The number of carbonyl (C=O) groups is 1. The predicted molar refractivity (Wildman–Crippen MR) is 71.1 cm³/mol. The molecule has 110 valence electrons. The van der Waals surface area contributed by atoms with Crippen molar-refractivity contribution in [1.29, 1.82) is 0 Å². The summed E-state index contributed by atoms with van der Waals surface area (Å²) in [5.41, 5.74) is 4.70. The third-order valence-corrected chi connectivity index (χ3v) is 3.01. The molecule has 3 N–H and O–H groups in total. The number of hydrogen-bond donors (Lipinski definition) is 2. The van der Waals surface area contributed by atoms with Crippen LogP contribution < -0.4 is 5.73 Å². The van der Waals surface area contributed by atoms with Crippen molar-refractivity contribution in [2.75, 3.05) is 5.73 Å². The van der Waals surface area contributed by atoms with Crippen molar-refractivity contribution in [3.63, 3.8) is 0 Å². The molecule has 0 bridgehead atoms. The molecule has 0 aliphatic rings. The van der Waals surface area contributed by atoms with E-state index in [1.165, 1.54) is 18.2 Å². The van der Waals surface area contributed by atoms with Crippen molar-refractivity contribution in [1.82, 2.24) is 4.98 Å². The maximum atomic E-state index is 12.5. The number of anilines is 1. The number of carboxylic acids is 1. The van der Waals surface area contributed by atoms with E-state index in [1.807, 2.05) is 0 Å². The van der Waals surface area contributed by atoms with Crippen LogP contribution >= 0.6 is 11.6 Å². The van der Waals surface area contributed by atoms with Crippen LogP contribution in [0.2, 0.25) is 5.02 Å². The van der Waals surface area contributed by atoms with Crippen LogP contribution in [-0.4, -0.2) is 16.1 Å². The highest BCUT2D eigenvalue weighted by atomic mass is 35.5. The van der Waals surface area contributed by atoms with E-state index in [4.69, 9.17) is 22.4 Å². The Bertz CT molecular complexity index is 717. The van der Waals surface area contributed by atoms with Crippen molar-refractivity contribution < 1.29 is 23.1 Å². The van der Waals surface area contributed by atoms with Crippen molar-refractivity contribution >= 4 is 23.3 Å². The van der Waals surface area contributed by atoms with E-state index >= 15 is 0 Å². The van der Waals surface area contributed by atoms with Crippen LogP contribution in [0.3, 0.4) is 0 Å². The van der Waals surface area contributed by atoms with E-state index in [-0.39, 0.29) is 27.5 Å². The van der Waals surface area contributed by atoms with Crippen molar-refractivity contribution in [2.45, 2.75) is 6.18 Å². The Morgan fingerprint density at radius 3 is 2.48 bits per heavy atom. The minimum absolute atomic E-state index is 0.0364. The summed E-state index contributed by atoms with van der Waals surface area (Å²) in [4.78, 5) is 14.7. The van der Waals surface area contributed by atoms with E-state index in [0.717, 1.165) is 6.07 Å². The predicted octanol–water partition coefficient (Wildman–Crippen LogP) is 3.70. The number of rotatable bonds is 2. The first-order chi connectivity index (χ1) is 9.70. The molecule has 0 radical (unpaired) electrons. The minimum atomic E-state index is -4.55. The molecule has 8 heteroatoms. The second-order valence-corrected chi connectivity index (χ2v) is 4.57. The maximum absolute atomic E-state index is 12.5. The zero-order chi connectivity index (χ0) is 15.8. The summed E-state index contributed by atoms with van der Waals surface area (Å²) in [6.45, 7) is 0. The van der Waals surface area contributed by atoms with Gasteiger partial charge < -0.3 is 10.8 Å². The van der Waals surface area contributed by atoms with Crippen molar-refractivity contribution in [2.24, 2.45) is 0 Å².